The summed E-state index contributed by atoms with van der Waals surface area (Å²) in [5.74, 6) is -0.775. The average Bonchev–Trinajstić information content (AvgIpc) is 2.27. The van der Waals surface area contributed by atoms with Crippen LogP contribution in [0.5, 0.6) is 0 Å². The van der Waals surface area contributed by atoms with Crippen molar-refractivity contribution in [2.45, 2.75) is 13.3 Å². The highest BCUT2D eigenvalue weighted by Crippen LogP contribution is 2.29. The molecular formula is C10H7F2IN2O2. The molecule has 0 amide bonds. The Morgan fingerprint density at radius 1 is 1.71 bits per heavy atom. The summed E-state index contributed by atoms with van der Waals surface area (Å²) in [5.41, 5.74) is -0.912. The third-order valence-electron chi connectivity index (χ3n) is 1.86. The van der Waals surface area contributed by atoms with Gasteiger partial charge in [-0.2, -0.15) is 5.26 Å². The van der Waals surface area contributed by atoms with Crippen LogP contribution in [0.25, 0.3) is 0 Å². The number of hydrogen-bond acceptors (Lipinski definition) is 4. The molecule has 0 N–H and O–H groups in total. The number of hydrogen-bond donors (Lipinski definition) is 0. The van der Waals surface area contributed by atoms with Crippen LogP contribution in [-0.2, 0) is 4.74 Å². The van der Waals surface area contributed by atoms with Gasteiger partial charge in [0.15, 0.2) is 5.69 Å². The summed E-state index contributed by atoms with van der Waals surface area (Å²) in [6.07, 6.45) is -1.89. The SMILES string of the molecule is CCOC(=O)c1ncc(C#N)c(C(F)F)c1I. The molecule has 7 heteroatoms. The molecule has 0 bridgehead atoms. The molecule has 1 heterocycles. The first-order chi connectivity index (χ1) is 8.02. The van der Waals surface area contributed by atoms with Crippen molar-refractivity contribution in [2.24, 2.45) is 0 Å². The van der Waals surface area contributed by atoms with Crippen LogP contribution < -0.4 is 0 Å². The van der Waals surface area contributed by atoms with Crippen LogP contribution in [0.15, 0.2) is 6.20 Å². The average molecular weight is 352 g/mol. The Kier molecular flexibility index (Phi) is 4.74. The van der Waals surface area contributed by atoms with Crippen molar-refractivity contribution in [3.8, 4) is 6.07 Å². The van der Waals surface area contributed by atoms with E-state index in [1.54, 1.807) is 35.6 Å². The van der Waals surface area contributed by atoms with Gasteiger partial charge >= 0.3 is 5.97 Å². The molecule has 0 aliphatic rings. The van der Waals surface area contributed by atoms with Crippen LogP contribution in [0.1, 0.15) is 35.0 Å². The molecule has 0 fully saturated rings. The summed E-state index contributed by atoms with van der Waals surface area (Å²) < 4.78 is 30.2. The van der Waals surface area contributed by atoms with Gasteiger partial charge in [0, 0.05) is 6.20 Å². The number of alkyl halides is 2. The predicted molar refractivity (Wildman–Crippen MR) is 62.6 cm³/mol. The maximum atomic E-state index is 12.8. The van der Waals surface area contributed by atoms with Crippen molar-refractivity contribution in [1.82, 2.24) is 4.98 Å². The fourth-order valence-corrected chi connectivity index (χ4v) is 2.03. The molecule has 4 nitrogen and oxygen atoms in total. The van der Waals surface area contributed by atoms with Gasteiger partial charge in [0.2, 0.25) is 0 Å². The first kappa shape index (κ1) is 13.8. The zero-order valence-corrected chi connectivity index (χ0v) is 10.9. The molecule has 1 aromatic rings. The number of pyridine rings is 1. The first-order valence-electron chi connectivity index (χ1n) is 4.56. The normalized spacial score (nSPS) is 10.1. The van der Waals surface area contributed by atoms with E-state index in [-0.39, 0.29) is 21.4 Å². The van der Waals surface area contributed by atoms with Crippen LogP contribution >= 0.6 is 22.6 Å². The molecule has 90 valence electrons. The minimum absolute atomic E-state index is 0.0462. The van der Waals surface area contributed by atoms with Gasteiger partial charge in [-0.25, -0.2) is 18.6 Å². The number of nitriles is 1. The van der Waals surface area contributed by atoms with Crippen LogP contribution in [0.2, 0.25) is 0 Å². The van der Waals surface area contributed by atoms with Gasteiger partial charge < -0.3 is 4.74 Å². The largest absolute Gasteiger partial charge is 0.461 e. The molecule has 1 aromatic heterocycles. The van der Waals surface area contributed by atoms with E-state index in [0.29, 0.717) is 0 Å². The van der Waals surface area contributed by atoms with Crippen molar-refractivity contribution in [2.75, 3.05) is 6.61 Å². The second-order valence-corrected chi connectivity index (χ2v) is 3.96. The topological polar surface area (TPSA) is 63.0 Å². The lowest BCUT2D eigenvalue weighted by atomic mass is 10.1. The van der Waals surface area contributed by atoms with Crippen LogP contribution in [0.4, 0.5) is 8.78 Å². The second-order valence-electron chi connectivity index (χ2n) is 2.88. The van der Waals surface area contributed by atoms with E-state index in [2.05, 4.69) is 9.72 Å². The number of rotatable bonds is 3. The van der Waals surface area contributed by atoms with E-state index in [9.17, 15) is 13.6 Å². The predicted octanol–water partition coefficient (Wildman–Crippen LogP) is 2.67. The molecule has 17 heavy (non-hydrogen) atoms. The number of esters is 1. The van der Waals surface area contributed by atoms with Gasteiger partial charge in [0.25, 0.3) is 6.43 Å². The second kappa shape index (κ2) is 5.86. The first-order valence-corrected chi connectivity index (χ1v) is 5.64. The number of nitrogens with zero attached hydrogens (tertiary/aromatic N) is 2. The number of ether oxygens (including phenoxy) is 1. The Morgan fingerprint density at radius 3 is 2.82 bits per heavy atom. The lowest BCUT2D eigenvalue weighted by Gasteiger charge is -2.09. The standard InChI is InChI=1S/C10H7F2IN2O2/c1-2-17-10(16)8-7(13)6(9(11)12)5(3-14)4-15-8/h4,9H,2H2,1H3. The summed E-state index contributed by atoms with van der Waals surface area (Å²) >= 11 is 1.57. The van der Waals surface area contributed by atoms with E-state index in [0.717, 1.165) is 6.20 Å². The monoisotopic (exact) mass is 352 g/mol. The van der Waals surface area contributed by atoms with Crippen LogP contribution in [0, 0.1) is 14.9 Å². The Balaban J connectivity index is 3.34. The van der Waals surface area contributed by atoms with E-state index >= 15 is 0 Å². The quantitative estimate of drug-likeness (QED) is 0.620. The molecule has 0 saturated heterocycles. The highest BCUT2D eigenvalue weighted by molar-refractivity contribution is 14.1. The van der Waals surface area contributed by atoms with Crippen molar-refractivity contribution in [3.63, 3.8) is 0 Å². The molecule has 0 spiro atoms. The van der Waals surface area contributed by atoms with Gasteiger partial charge in [0.1, 0.15) is 6.07 Å². The number of aromatic nitrogens is 1. The molecule has 0 aromatic carbocycles. The minimum Gasteiger partial charge on any atom is -0.461 e. The minimum atomic E-state index is -2.84. The fourth-order valence-electron chi connectivity index (χ4n) is 1.15. The smallest absolute Gasteiger partial charge is 0.358 e. The zero-order chi connectivity index (χ0) is 13.0. The zero-order valence-electron chi connectivity index (χ0n) is 8.71. The maximum Gasteiger partial charge on any atom is 0.358 e. The van der Waals surface area contributed by atoms with Crippen molar-refractivity contribution < 1.29 is 18.3 Å². The molecule has 0 unspecified atom stereocenters. The van der Waals surface area contributed by atoms with Crippen molar-refractivity contribution in [3.05, 3.63) is 26.6 Å². The fraction of sp³-hybridized carbons (Fsp3) is 0.300. The van der Waals surface area contributed by atoms with Crippen LogP contribution in [0.3, 0.4) is 0 Å². The van der Waals surface area contributed by atoms with Gasteiger partial charge in [-0.15, -0.1) is 0 Å². The Bertz CT molecular complexity index is 486. The lowest BCUT2D eigenvalue weighted by molar-refractivity contribution is 0.0517. The third kappa shape index (κ3) is 2.88. The summed E-state index contributed by atoms with van der Waals surface area (Å²) in [6, 6.07) is 1.62. The molecule has 0 atom stereocenters. The van der Waals surface area contributed by atoms with Gasteiger partial charge in [-0.05, 0) is 29.5 Å². The lowest BCUT2D eigenvalue weighted by Crippen LogP contribution is -2.12. The molecular weight excluding hydrogens is 345 g/mol. The maximum absolute atomic E-state index is 12.8. The summed E-state index contributed by atoms with van der Waals surface area (Å²) in [5, 5.41) is 8.68. The highest BCUT2D eigenvalue weighted by atomic mass is 127. The van der Waals surface area contributed by atoms with Gasteiger partial charge in [-0.3, -0.25) is 0 Å². The Hall–Kier alpha value is -1.30. The molecule has 0 saturated carbocycles. The van der Waals surface area contributed by atoms with Crippen LogP contribution in [-0.4, -0.2) is 17.6 Å². The third-order valence-corrected chi connectivity index (χ3v) is 2.96. The Labute approximate surface area is 110 Å². The number of carbonyl (C=O) groups excluding carboxylic acids is 1. The van der Waals surface area contributed by atoms with Gasteiger partial charge in [0.05, 0.1) is 21.3 Å². The summed E-state index contributed by atoms with van der Waals surface area (Å²) in [7, 11) is 0. The van der Waals surface area contributed by atoms with E-state index < -0.39 is 18.0 Å². The van der Waals surface area contributed by atoms with Crippen molar-refractivity contribution >= 4 is 28.6 Å². The number of carbonyl (C=O) groups is 1. The van der Waals surface area contributed by atoms with Crippen molar-refractivity contribution in [1.29, 1.82) is 5.26 Å². The molecule has 0 aliphatic carbocycles. The molecule has 1 rings (SSSR count). The van der Waals surface area contributed by atoms with Gasteiger partial charge in [-0.1, -0.05) is 0 Å². The molecule has 0 radical (unpaired) electrons. The van der Waals surface area contributed by atoms with E-state index in [1.807, 2.05) is 0 Å². The molecule has 0 aliphatic heterocycles. The Morgan fingerprint density at radius 2 is 2.35 bits per heavy atom. The van der Waals surface area contributed by atoms with E-state index in [1.165, 1.54) is 0 Å². The summed E-state index contributed by atoms with van der Waals surface area (Å²) in [4.78, 5) is 15.1. The summed E-state index contributed by atoms with van der Waals surface area (Å²) in [6.45, 7) is 1.73. The number of halogens is 3. The highest BCUT2D eigenvalue weighted by Gasteiger charge is 2.24. The van der Waals surface area contributed by atoms with E-state index in [4.69, 9.17) is 5.26 Å².